The molecule has 0 aromatic carbocycles. The normalized spacial score (nSPS) is 47.3. The van der Waals surface area contributed by atoms with Crippen LogP contribution in [0.4, 0.5) is 0 Å². The first kappa shape index (κ1) is 9.93. The Morgan fingerprint density at radius 3 is 2.73 bits per heavy atom. The lowest BCUT2D eigenvalue weighted by molar-refractivity contribution is -0.0859. The molecule has 0 heteroatoms. The van der Waals surface area contributed by atoms with Crippen LogP contribution in [0.25, 0.3) is 0 Å². The second-order valence-electron chi connectivity index (χ2n) is 7.18. The molecule has 84 valence electrons. The third-order valence-corrected chi connectivity index (χ3v) is 5.69. The summed E-state index contributed by atoms with van der Waals surface area (Å²) in [4.78, 5) is 0. The second-order valence-corrected chi connectivity index (χ2v) is 7.18. The topological polar surface area (TPSA) is 0 Å². The zero-order valence-electron chi connectivity index (χ0n) is 10.5. The van der Waals surface area contributed by atoms with Gasteiger partial charge in [-0.15, -0.1) is 0 Å². The molecule has 0 aliphatic heterocycles. The van der Waals surface area contributed by atoms with Crippen molar-refractivity contribution in [2.75, 3.05) is 0 Å². The highest BCUT2D eigenvalue weighted by Crippen LogP contribution is 2.64. The Morgan fingerprint density at radius 1 is 1.20 bits per heavy atom. The molecule has 0 spiro atoms. The van der Waals surface area contributed by atoms with Crippen molar-refractivity contribution in [3.63, 3.8) is 0 Å². The first-order chi connectivity index (χ1) is 7.01. The van der Waals surface area contributed by atoms with Gasteiger partial charge in [0.2, 0.25) is 0 Å². The van der Waals surface area contributed by atoms with Crippen LogP contribution in [0.3, 0.4) is 0 Å². The average Bonchev–Trinajstić information content (AvgIpc) is 2.21. The van der Waals surface area contributed by atoms with Crippen molar-refractivity contribution in [1.82, 2.24) is 0 Å². The number of hydrogen-bond acceptors (Lipinski definition) is 0. The summed E-state index contributed by atoms with van der Waals surface area (Å²) in [5, 5.41) is 0. The Morgan fingerprint density at radius 2 is 2.00 bits per heavy atom. The zero-order valence-corrected chi connectivity index (χ0v) is 10.5. The number of allylic oxidation sites excluding steroid dienone is 2. The summed E-state index contributed by atoms with van der Waals surface area (Å²) in [7, 11) is 0. The summed E-state index contributed by atoms with van der Waals surface area (Å²) in [5.41, 5.74) is 3.10. The van der Waals surface area contributed by atoms with Crippen molar-refractivity contribution < 1.29 is 0 Å². The Bertz CT molecular complexity index is 310. The lowest BCUT2D eigenvalue weighted by Gasteiger charge is -2.58. The predicted molar refractivity (Wildman–Crippen MR) is 64.7 cm³/mol. The maximum absolute atomic E-state index is 2.57. The van der Waals surface area contributed by atoms with E-state index < -0.39 is 0 Å². The smallest absolute Gasteiger partial charge is 0.0254 e. The fraction of sp³-hybridized carbons (Fsp3) is 0.867. The van der Waals surface area contributed by atoms with Crippen LogP contribution >= 0.6 is 0 Å². The Hall–Kier alpha value is -0.260. The van der Waals surface area contributed by atoms with Gasteiger partial charge in [-0.1, -0.05) is 32.4 Å². The minimum atomic E-state index is 0.645. The number of rotatable bonds is 0. The Labute approximate surface area is 94.1 Å². The molecule has 0 aromatic heterocycles. The summed E-state index contributed by atoms with van der Waals surface area (Å²) in [6, 6.07) is 0. The summed E-state index contributed by atoms with van der Waals surface area (Å²) in [6.07, 6.45) is 11.1. The standard InChI is InChI=1S/C15H24/c1-14(2)10-13-12(14)7-6-11-5-4-8-15(13,3)9-11/h5,12-13H,4,6-10H2,1-3H3. The largest absolute Gasteiger partial charge is 0.0853 e. The van der Waals surface area contributed by atoms with Gasteiger partial charge in [-0.05, 0) is 61.2 Å². The van der Waals surface area contributed by atoms with Gasteiger partial charge in [0.25, 0.3) is 0 Å². The molecule has 15 heavy (non-hydrogen) atoms. The lowest BCUT2D eigenvalue weighted by atomic mass is 9.47. The fourth-order valence-electron chi connectivity index (χ4n) is 4.70. The van der Waals surface area contributed by atoms with Crippen molar-refractivity contribution in [2.45, 2.75) is 59.3 Å². The van der Waals surface area contributed by atoms with E-state index in [9.17, 15) is 0 Å². The van der Waals surface area contributed by atoms with Crippen LogP contribution in [0, 0.1) is 22.7 Å². The number of fused-ring (bicyclic) bond motifs is 4. The van der Waals surface area contributed by atoms with E-state index in [0.29, 0.717) is 10.8 Å². The molecule has 0 radical (unpaired) electrons. The van der Waals surface area contributed by atoms with E-state index in [2.05, 4.69) is 26.8 Å². The fourth-order valence-corrected chi connectivity index (χ4v) is 4.70. The van der Waals surface area contributed by atoms with Crippen molar-refractivity contribution in [2.24, 2.45) is 22.7 Å². The van der Waals surface area contributed by atoms with Crippen molar-refractivity contribution in [3.8, 4) is 0 Å². The summed E-state index contributed by atoms with van der Waals surface area (Å²) in [6.45, 7) is 7.54. The molecule has 0 aromatic rings. The zero-order chi connectivity index (χ0) is 10.7. The van der Waals surface area contributed by atoms with Crippen LogP contribution < -0.4 is 0 Å². The van der Waals surface area contributed by atoms with E-state index in [1.54, 1.807) is 5.57 Å². The molecule has 0 nitrogen and oxygen atoms in total. The molecule has 2 bridgehead atoms. The third kappa shape index (κ3) is 1.33. The molecular weight excluding hydrogens is 180 g/mol. The first-order valence-corrected chi connectivity index (χ1v) is 6.69. The molecule has 3 aliphatic rings. The predicted octanol–water partition coefficient (Wildman–Crippen LogP) is 4.56. The van der Waals surface area contributed by atoms with Crippen molar-refractivity contribution in [3.05, 3.63) is 11.6 Å². The van der Waals surface area contributed by atoms with Crippen LogP contribution in [-0.4, -0.2) is 0 Å². The summed E-state index contributed by atoms with van der Waals surface area (Å²) in [5.74, 6) is 2.06. The van der Waals surface area contributed by atoms with Crippen LogP contribution in [0.15, 0.2) is 11.6 Å². The van der Waals surface area contributed by atoms with Gasteiger partial charge in [0.1, 0.15) is 0 Å². The van der Waals surface area contributed by atoms with Crippen LogP contribution in [-0.2, 0) is 0 Å². The van der Waals surface area contributed by atoms with E-state index in [4.69, 9.17) is 0 Å². The molecule has 0 heterocycles. The van der Waals surface area contributed by atoms with Gasteiger partial charge < -0.3 is 0 Å². The third-order valence-electron chi connectivity index (χ3n) is 5.69. The molecule has 0 saturated heterocycles. The molecule has 2 saturated carbocycles. The molecule has 0 N–H and O–H groups in total. The van der Waals surface area contributed by atoms with E-state index in [1.807, 2.05) is 0 Å². The van der Waals surface area contributed by atoms with Gasteiger partial charge >= 0.3 is 0 Å². The van der Waals surface area contributed by atoms with Crippen LogP contribution in [0.1, 0.15) is 59.3 Å². The SMILES string of the molecule is CC1(C)CC2C1CCC1=CCCC2(C)C1. The van der Waals surface area contributed by atoms with E-state index in [1.165, 1.54) is 38.5 Å². The summed E-state index contributed by atoms with van der Waals surface area (Å²) >= 11 is 0. The van der Waals surface area contributed by atoms with Crippen molar-refractivity contribution in [1.29, 1.82) is 0 Å². The first-order valence-electron chi connectivity index (χ1n) is 6.69. The Balaban J connectivity index is 1.93. The minimum Gasteiger partial charge on any atom is -0.0853 e. The molecular formula is C15H24. The minimum absolute atomic E-state index is 0.645. The molecule has 3 atom stereocenters. The monoisotopic (exact) mass is 204 g/mol. The second kappa shape index (κ2) is 2.90. The summed E-state index contributed by atoms with van der Waals surface area (Å²) < 4.78 is 0. The highest BCUT2D eigenvalue weighted by atomic mass is 14.6. The van der Waals surface area contributed by atoms with Gasteiger partial charge in [0.15, 0.2) is 0 Å². The van der Waals surface area contributed by atoms with Crippen molar-refractivity contribution >= 4 is 0 Å². The highest BCUT2D eigenvalue weighted by Gasteiger charge is 2.55. The average molecular weight is 204 g/mol. The van der Waals surface area contributed by atoms with Gasteiger partial charge in [0.05, 0.1) is 0 Å². The molecule has 3 rings (SSSR count). The molecule has 3 aliphatic carbocycles. The molecule has 0 amide bonds. The van der Waals surface area contributed by atoms with Crippen LogP contribution in [0.5, 0.6) is 0 Å². The van der Waals surface area contributed by atoms with E-state index in [-0.39, 0.29) is 0 Å². The lowest BCUT2D eigenvalue weighted by Crippen LogP contribution is -2.50. The van der Waals surface area contributed by atoms with Gasteiger partial charge in [-0.25, -0.2) is 0 Å². The maximum Gasteiger partial charge on any atom is -0.0254 e. The highest BCUT2D eigenvalue weighted by molar-refractivity contribution is 5.17. The number of hydrogen-bond donors (Lipinski definition) is 0. The molecule has 3 unspecified atom stereocenters. The van der Waals surface area contributed by atoms with Gasteiger partial charge in [-0.2, -0.15) is 0 Å². The quantitative estimate of drug-likeness (QED) is 0.507. The molecule has 2 fully saturated rings. The van der Waals surface area contributed by atoms with Crippen LogP contribution in [0.2, 0.25) is 0 Å². The Kier molecular flexibility index (Phi) is 1.92. The maximum atomic E-state index is 2.57. The van der Waals surface area contributed by atoms with E-state index >= 15 is 0 Å². The van der Waals surface area contributed by atoms with Gasteiger partial charge in [-0.3, -0.25) is 0 Å². The van der Waals surface area contributed by atoms with E-state index in [0.717, 1.165) is 11.8 Å². The van der Waals surface area contributed by atoms with Gasteiger partial charge in [0, 0.05) is 0 Å².